The molecule has 15 heavy (non-hydrogen) atoms. The molecule has 0 bridgehead atoms. The van der Waals surface area contributed by atoms with Crippen LogP contribution in [0.3, 0.4) is 0 Å². The second-order valence-corrected chi connectivity index (χ2v) is 2.64. The van der Waals surface area contributed by atoms with Crippen LogP contribution in [0.15, 0.2) is 11.8 Å². The lowest BCUT2D eigenvalue weighted by Crippen LogP contribution is -2.26. The van der Waals surface area contributed by atoms with E-state index in [9.17, 15) is 4.79 Å². The monoisotopic (exact) mass is 217 g/mol. The van der Waals surface area contributed by atoms with E-state index in [2.05, 4.69) is 0 Å². The third-order valence-electron chi connectivity index (χ3n) is 1.48. The highest BCUT2D eigenvalue weighted by atomic mass is 16.7. The van der Waals surface area contributed by atoms with E-state index >= 15 is 0 Å². The van der Waals surface area contributed by atoms with Crippen LogP contribution < -0.4 is 5.73 Å². The number of esters is 1. The van der Waals surface area contributed by atoms with E-state index < -0.39 is 12.3 Å². The van der Waals surface area contributed by atoms with Gasteiger partial charge in [-0.1, -0.05) is 0 Å². The predicted octanol–water partition coefficient (Wildman–Crippen LogP) is 0.791. The van der Waals surface area contributed by atoms with E-state index in [0.29, 0.717) is 19.8 Å². The number of hydrogen-bond acceptors (Lipinski definition) is 5. The minimum atomic E-state index is -0.676. The molecule has 0 aromatic rings. The fraction of sp³-hybridized carbons (Fsp3) is 0.700. The number of carbonyl (C=O) groups excluding carboxylic acids is 1. The van der Waals surface area contributed by atoms with Crippen LogP contribution in [0.5, 0.6) is 0 Å². The first-order valence-electron chi connectivity index (χ1n) is 5.02. The van der Waals surface area contributed by atoms with Crippen molar-refractivity contribution in [3.05, 3.63) is 11.8 Å². The molecule has 88 valence electrons. The van der Waals surface area contributed by atoms with E-state index in [4.69, 9.17) is 19.9 Å². The molecule has 5 heteroatoms. The molecule has 0 amide bonds. The molecular formula is C10H19NO4. The largest absolute Gasteiger partial charge is 0.463 e. The lowest BCUT2D eigenvalue weighted by Gasteiger charge is -2.16. The van der Waals surface area contributed by atoms with Crippen LogP contribution in [0.1, 0.15) is 20.8 Å². The highest BCUT2D eigenvalue weighted by molar-refractivity contribution is 5.82. The maximum absolute atomic E-state index is 11.1. The van der Waals surface area contributed by atoms with Crippen LogP contribution in [-0.2, 0) is 19.0 Å². The van der Waals surface area contributed by atoms with Gasteiger partial charge in [-0.05, 0) is 20.8 Å². The minimum Gasteiger partial charge on any atom is -0.463 e. The van der Waals surface area contributed by atoms with Gasteiger partial charge in [0.05, 0.1) is 12.3 Å². The molecule has 0 saturated heterocycles. The van der Waals surface area contributed by atoms with Gasteiger partial charge in [-0.25, -0.2) is 4.79 Å². The molecule has 0 aliphatic carbocycles. The van der Waals surface area contributed by atoms with Gasteiger partial charge in [0.15, 0.2) is 6.29 Å². The van der Waals surface area contributed by atoms with Gasteiger partial charge in [0.1, 0.15) is 0 Å². The molecule has 0 radical (unpaired) electrons. The molecule has 0 spiro atoms. The molecule has 0 rings (SSSR count). The zero-order chi connectivity index (χ0) is 11.7. The smallest absolute Gasteiger partial charge is 0.332 e. The highest BCUT2D eigenvalue weighted by Gasteiger charge is 2.12. The van der Waals surface area contributed by atoms with Gasteiger partial charge in [-0.15, -0.1) is 0 Å². The van der Waals surface area contributed by atoms with Gasteiger partial charge in [-0.3, -0.25) is 0 Å². The van der Waals surface area contributed by atoms with Crippen molar-refractivity contribution in [1.29, 1.82) is 0 Å². The Morgan fingerprint density at radius 2 is 1.73 bits per heavy atom. The summed E-state index contributed by atoms with van der Waals surface area (Å²) in [6.45, 7) is 6.61. The van der Waals surface area contributed by atoms with Gasteiger partial charge >= 0.3 is 5.97 Å². The molecule has 5 nitrogen and oxygen atoms in total. The van der Waals surface area contributed by atoms with Gasteiger partial charge in [-0.2, -0.15) is 0 Å². The van der Waals surface area contributed by atoms with Gasteiger partial charge in [0.25, 0.3) is 0 Å². The molecule has 0 aliphatic heterocycles. The number of rotatable bonds is 7. The molecule has 0 aliphatic rings. The van der Waals surface area contributed by atoms with Crippen LogP contribution in [0.4, 0.5) is 0 Å². The second kappa shape index (κ2) is 8.26. The molecular weight excluding hydrogens is 198 g/mol. The van der Waals surface area contributed by atoms with Crippen molar-refractivity contribution in [2.45, 2.75) is 27.1 Å². The summed E-state index contributed by atoms with van der Waals surface area (Å²) in [4.78, 5) is 11.1. The Hall–Kier alpha value is -1.07. The Kier molecular flexibility index (Phi) is 7.67. The Balaban J connectivity index is 4.32. The first kappa shape index (κ1) is 13.9. The predicted molar refractivity (Wildman–Crippen MR) is 55.9 cm³/mol. The summed E-state index contributed by atoms with van der Waals surface area (Å²) in [5, 5.41) is 0. The van der Waals surface area contributed by atoms with E-state index in [1.807, 2.05) is 13.8 Å². The van der Waals surface area contributed by atoms with Crippen molar-refractivity contribution >= 4 is 5.97 Å². The Labute approximate surface area is 90.2 Å². The molecule has 0 saturated carbocycles. The molecule has 0 atom stereocenters. The van der Waals surface area contributed by atoms with E-state index in [0.717, 1.165) is 0 Å². The standard InChI is InChI=1S/C10H19NO4/c1-4-13-9(12)7-8(11)10(14-5-2)15-6-3/h7,10H,4-6,11H2,1-3H3. The van der Waals surface area contributed by atoms with Crippen molar-refractivity contribution in [2.24, 2.45) is 5.73 Å². The summed E-state index contributed by atoms with van der Waals surface area (Å²) < 4.78 is 15.1. The maximum Gasteiger partial charge on any atom is 0.332 e. The summed E-state index contributed by atoms with van der Waals surface area (Å²) in [5.74, 6) is -0.487. The van der Waals surface area contributed by atoms with Crippen molar-refractivity contribution in [3.8, 4) is 0 Å². The zero-order valence-corrected chi connectivity index (χ0v) is 9.49. The average Bonchev–Trinajstić information content (AvgIpc) is 2.17. The molecule has 0 heterocycles. The van der Waals surface area contributed by atoms with Crippen LogP contribution in [0, 0.1) is 0 Å². The average molecular weight is 217 g/mol. The first-order chi connectivity index (χ1) is 7.15. The number of carbonyl (C=O) groups is 1. The SMILES string of the molecule is CCOC(=O)C=C(N)C(OCC)OCC. The summed E-state index contributed by atoms with van der Waals surface area (Å²) in [7, 11) is 0. The summed E-state index contributed by atoms with van der Waals surface area (Å²) in [5.41, 5.74) is 5.85. The van der Waals surface area contributed by atoms with E-state index in [-0.39, 0.29) is 5.70 Å². The Morgan fingerprint density at radius 3 is 2.13 bits per heavy atom. The topological polar surface area (TPSA) is 70.8 Å². The third-order valence-corrected chi connectivity index (χ3v) is 1.48. The molecule has 0 aromatic carbocycles. The Morgan fingerprint density at radius 1 is 1.20 bits per heavy atom. The quantitative estimate of drug-likeness (QED) is 0.388. The normalized spacial score (nSPS) is 11.9. The van der Waals surface area contributed by atoms with Crippen LogP contribution >= 0.6 is 0 Å². The highest BCUT2D eigenvalue weighted by Crippen LogP contribution is 2.03. The lowest BCUT2D eigenvalue weighted by molar-refractivity contribution is -0.138. The zero-order valence-electron chi connectivity index (χ0n) is 9.49. The lowest BCUT2D eigenvalue weighted by atomic mass is 10.4. The Bertz CT molecular complexity index is 209. The summed E-state index contributed by atoms with van der Waals surface area (Å²) >= 11 is 0. The number of hydrogen-bond donors (Lipinski definition) is 1. The second-order valence-electron chi connectivity index (χ2n) is 2.64. The van der Waals surface area contributed by atoms with Crippen molar-refractivity contribution in [3.63, 3.8) is 0 Å². The summed E-state index contributed by atoms with van der Waals surface area (Å²) in [6, 6.07) is 0. The number of nitrogens with two attached hydrogens (primary N) is 1. The maximum atomic E-state index is 11.1. The van der Waals surface area contributed by atoms with Crippen LogP contribution in [0.25, 0.3) is 0 Å². The van der Waals surface area contributed by atoms with Gasteiger partial charge in [0, 0.05) is 19.3 Å². The third kappa shape index (κ3) is 6.09. The van der Waals surface area contributed by atoms with E-state index in [1.54, 1.807) is 6.92 Å². The molecule has 0 fully saturated rings. The fourth-order valence-corrected chi connectivity index (χ4v) is 0.931. The van der Waals surface area contributed by atoms with E-state index in [1.165, 1.54) is 6.08 Å². The van der Waals surface area contributed by atoms with Crippen molar-refractivity contribution in [1.82, 2.24) is 0 Å². The fourth-order valence-electron chi connectivity index (χ4n) is 0.931. The molecule has 0 aromatic heterocycles. The van der Waals surface area contributed by atoms with Crippen molar-refractivity contribution in [2.75, 3.05) is 19.8 Å². The van der Waals surface area contributed by atoms with Gasteiger partial charge in [0.2, 0.25) is 0 Å². The number of ether oxygens (including phenoxy) is 3. The first-order valence-corrected chi connectivity index (χ1v) is 5.02. The summed E-state index contributed by atoms with van der Waals surface area (Å²) in [6.07, 6.45) is 0.504. The van der Waals surface area contributed by atoms with Crippen LogP contribution in [0.2, 0.25) is 0 Å². The van der Waals surface area contributed by atoms with Gasteiger partial charge < -0.3 is 19.9 Å². The minimum absolute atomic E-state index is 0.220. The molecule has 0 unspecified atom stereocenters. The molecule has 2 N–H and O–H groups in total. The van der Waals surface area contributed by atoms with Crippen LogP contribution in [-0.4, -0.2) is 32.1 Å². The van der Waals surface area contributed by atoms with Crippen molar-refractivity contribution < 1.29 is 19.0 Å².